The van der Waals surface area contributed by atoms with Gasteiger partial charge in [-0.25, -0.2) is 4.79 Å². The van der Waals surface area contributed by atoms with Gasteiger partial charge in [0, 0.05) is 0 Å². The fourth-order valence-electron chi connectivity index (χ4n) is 1.15. The normalized spacial score (nSPS) is 14.5. The highest BCUT2D eigenvalue weighted by molar-refractivity contribution is 7.12. The Hall–Kier alpha value is -1.36. The maximum atomic E-state index is 11.8. The molecular formula is C11H15NO3S. The monoisotopic (exact) mass is 241 g/mol. The van der Waals surface area contributed by atoms with E-state index in [1.54, 1.807) is 31.4 Å². The van der Waals surface area contributed by atoms with Gasteiger partial charge in [-0.05, 0) is 24.3 Å². The SMILES string of the molecule is CC(C)C(C)(NC(=O)c1cccs1)C(=O)O. The molecule has 0 fully saturated rings. The smallest absolute Gasteiger partial charge is 0.329 e. The number of thiophene rings is 1. The minimum Gasteiger partial charge on any atom is -0.480 e. The van der Waals surface area contributed by atoms with Crippen LogP contribution in [-0.2, 0) is 4.79 Å². The predicted molar refractivity (Wildman–Crippen MR) is 62.7 cm³/mol. The van der Waals surface area contributed by atoms with E-state index >= 15 is 0 Å². The van der Waals surface area contributed by atoms with Crippen LogP contribution in [0, 0.1) is 5.92 Å². The molecule has 0 saturated heterocycles. The molecule has 0 aromatic carbocycles. The fraction of sp³-hybridized carbons (Fsp3) is 0.455. The lowest BCUT2D eigenvalue weighted by molar-refractivity contribution is -0.145. The summed E-state index contributed by atoms with van der Waals surface area (Å²) in [6, 6.07) is 3.43. The molecule has 5 heteroatoms. The van der Waals surface area contributed by atoms with Crippen molar-refractivity contribution in [3.8, 4) is 0 Å². The van der Waals surface area contributed by atoms with Crippen molar-refractivity contribution in [2.75, 3.05) is 0 Å². The molecule has 0 aliphatic rings. The summed E-state index contributed by atoms with van der Waals surface area (Å²) in [5, 5.41) is 13.5. The Morgan fingerprint density at radius 2 is 2.12 bits per heavy atom. The van der Waals surface area contributed by atoms with Crippen LogP contribution in [0.5, 0.6) is 0 Å². The van der Waals surface area contributed by atoms with Crippen LogP contribution in [0.15, 0.2) is 17.5 Å². The molecule has 1 unspecified atom stereocenters. The Morgan fingerprint density at radius 1 is 1.50 bits per heavy atom. The van der Waals surface area contributed by atoms with E-state index in [-0.39, 0.29) is 11.8 Å². The van der Waals surface area contributed by atoms with Gasteiger partial charge in [-0.15, -0.1) is 11.3 Å². The molecule has 88 valence electrons. The first kappa shape index (κ1) is 12.7. The summed E-state index contributed by atoms with van der Waals surface area (Å²) in [7, 11) is 0. The van der Waals surface area contributed by atoms with Crippen molar-refractivity contribution >= 4 is 23.2 Å². The second-order valence-corrected chi connectivity index (χ2v) is 5.04. The van der Waals surface area contributed by atoms with Crippen LogP contribution in [0.2, 0.25) is 0 Å². The predicted octanol–water partition coefficient (Wildman–Crippen LogP) is 1.98. The molecule has 0 aliphatic heterocycles. The summed E-state index contributed by atoms with van der Waals surface area (Å²) in [6.07, 6.45) is 0. The third-order valence-electron chi connectivity index (χ3n) is 2.72. The van der Waals surface area contributed by atoms with Crippen molar-refractivity contribution in [1.29, 1.82) is 0 Å². The summed E-state index contributed by atoms with van der Waals surface area (Å²) in [5.74, 6) is -1.55. The average molecular weight is 241 g/mol. The van der Waals surface area contributed by atoms with Crippen LogP contribution in [0.25, 0.3) is 0 Å². The van der Waals surface area contributed by atoms with Crippen molar-refractivity contribution in [3.05, 3.63) is 22.4 Å². The summed E-state index contributed by atoms with van der Waals surface area (Å²) >= 11 is 1.29. The molecule has 1 aromatic heterocycles. The van der Waals surface area contributed by atoms with Crippen LogP contribution < -0.4 is 5.32 Å². The van der Waals surface area contributed by atoms with Gasteiger partial charge in [-0.2, -0.15) is 0 Å². The number of nitrogens with one attached hydrogen (secondary N) is 1. The van der Waals surface area contributed by atoms with Crippen LogP contribution in [-0.4, -0.2) is 22.5 Å². The number of hydrogen-bond donors (Lipinski definition) is 2. The van der Waals surface area contributed by atoms with Gasteiger partial charge in [0.15, 0.2) is 0 Å². The zero-order valence-corrected chi connectivity index (χ0v) is 10.3. The molecule has 1 atom stereocenters. The first-order valence-corrected chi connectivity index (χ1v) is 5.85. The lowest BCUT2D eigenvalue weighted by Gasteiger charge is -2.29. The molecule has 0 radical (unpaired) electrons. The average Bonchev–Trinajstić information content (AvgIpc) is 2.69. The van der Waals surface area contributed by atoms with E-state index in [1.807, 2.05) is 0 Å². The Bertz CT molecular complexity index is 386. The Morgan fingerprint density at radius 3 is 2.50 bits per heavy atom. The van der Waals surface area contributed by atoms with Gasteiger partial charge in [0.1, 0.15) is 5.54 Å². The number of carboxylic acid groups (broad SMARTS) is 1. The van der Waals surface area contributed by atoms with Gasteiger partial charge in [-0.3, -0.25) is 4.79 Å². The van der Waals surface area contributed by atoms with E-state index < -0.39 is 11.5 Å². The van der Waals surface area contributed by atoms with Gasteiger partial charge in [0.2, 0.25) is 0 Å². The topological polar surface area (TPSA) is 66.4 Å². The molecule has 1 rings (SSSR count). The molecule has 0 bridgehead atoms. The van der Waals surface area contributed by atoms with Crippen LogP contribution in [0.1, 0.15) is 30.4 Å². The molecule has 1 aromatic rings. The second-order valence-electron chi connectivity index (χ2n) is 4.09. The molecule has 0 saturated carbocycles. The zero-order valence-electron chi connectivity index (χ0n) is 9.48. The fourth-order valence-corrected chi connectivity index (χ4v) is 1.77. The number of carboxylic acids is 1. The van der Waals surface area contributed by atoms with E-state index in [4.69, 9.17) is 5.11 Å². The third-order valence-corrected chi connectivity index (χ3v) is 3.59. The van der Waals surface area contributed by atoms with Crippen molar-refractivity contribution in [2.24, 2.45) is 5.92 Å². The van der Waals surface area contributed by atoms with Crippen molar-refractivity contribution in [3.63, 3.8) is 0 Å². The van der Waals surface area contributed by atoms with Crippen LogP contribution in [0.3, 0.4) is 0 Å². The maximum absolute atomic E-state index is 11.8. The third kappa shape index (κ3) is 2.41. The highest BCUT2D eigenvalue weighted by atomic mass is 32.1. The first-order valence-electron chi connectivity index (χ1n) is 4.97. The maximum Gasteiger partial charge on any atom is 0.329 e. The minimum absolute atomic E-state index is 0.186. The van der Waals surface area contributed by atoms with E-state index in [2.05, 4.69) is 5.32 Å². The van der Waals surface area contributed by atoms with E-state index in [9.17, 15) is 9.59 Å². The zero-order chi connectivity index (χ0) is 12.3. The van der Waals surface area contributed by atoms with Gasteiger partial charge < -0.3 is 10.4 Å². The first-order chi connectivity index (χ1) is 7.38. The summed E-state index contributed by atoms with van der Waals surface area (Å²) in [6.45, 7) is 5.05. The summed E-state index contributed by atoms with van der Waals surface area (Å²) in [4.78, 5) is 23.4. The lowest BCUT2D eigenvalue weighted by atomic mass is 9.88. The van der Waals surface area contributed by atoms with Crippen LogP contribution >= 0.6 is 11.3 Å². The number of hydrogen-bond acceptors (Lipinski definition) is 3. The summed E-state index contributed by atoms with van der Waals surface area (Å²) < 4.78 is 0. The standard InChI is InChI=1S/C11H15NO3S/c1-7(2)11(3,10(14)15)12-9(13)8-5-4-6-16-8/h4-7H,1-3H3,(H,12,13)(H,14,15). The number of carbonyl (C=O) groups excluding carboxylic acids is 1. The molecule has 0 aliphatic carbocycles. The Labute approximate surface area is 98.3 Å². The molecule has 0 spiro atoms. The number of carbonyl (C=O) groups is 2. The molecular weight excluding hydrogens is 226 g/mol. The van der Waals surface area contributed by atoms with Crippen molar-refractivity contribution < 1.29 is 14.7 Å². The van der Waals surface area contributed by atoms with Gasteiger partial charge in [0.05, 0.1) is 4.88 Å². The van der Waals surface area contributed by atoms with Crippen molar-refractivity contribution in [1.82, 2.24) is 5.32 Å². The summed E-state index contributed by atoms with van der Waals surface area (Å²) in [5.41, 5.74) is -1.24. The van der Waals surface area contributed by atoms with E-state index in [0.29, 0.717) is 4.88 Å². The molecule has 1 amide bonds. The quantitative estimate of drug-likeness (QED) is 0.847. The molecule has 1 heterocycles. The molecule has 4 nitrogen and oxygen atoms in total. The Kier molecular flexibility index (Phi) is 3.70. The highest BCUT2D eigenvalue weighted by Crippen LogP contribution is 2.18. The minimum atomic E-state index is -1.24. The number of aliphatic carboxylic acids is 1. The van der Waals surface area contributed by atoms with Gasteiger partial charge in [0.25, 0.3) is 5.91 Å². The largest absolute Gasteiger partial charge is 0.480 e. The van der Waals surface area contributed by atoms with Crippen LogP contribution in [0.4, 0.5) is 0 Å². The van der Waals surface area contributed by atoms with Gasteiger partial charge in [-0.1, -0.05) is 19.9 Å². The van der Waals surface area contributed by atoms with Crippen molar-refractivity contribution in [2.45, 2.75) is 26.3 Å². The Balaban J connectivity index is 2.86. The molecule has 2 N–H and O–H groups in total. The highest BCUT2D eigenvalue weighted by Gasteiger charge is 2.38. The van der Waals surface area contributed by atoms with Gasteiger partial charge >= 0.3 is 5.97 Å². The number of rotatable bonds is 4. The van der Waals surface area contributed by atoms with E-state index in [0.717, 1.165) is 0 Å². The lowest BCUT2D eigenvalue weighted by Crippen LogP contribution is -2.55. The van der Waals surface area contributed by atoms with E-state index in [1.165, 1.54) is 18.3 Å². The number of amides is 1. The molecule has 16 heavy (non-hydrogen) atoms. The second kappa shape index (κ2) is 4.65.